The molecule has 0 unspecified atom stereocenters. The molecular formula is C33H23NO5S. The van der Waals surface area contributed by atoms with E-state index in [2.05, 4.69) is 0 Å². The first kappa shape index (κ1) is 24.1. The van der Waals surface area contributed by atoms with Crippen LogP contribution in [0.4, 0.5) is 11.4 Å². The molecule has 0 aliphatic carbocycles. The normalized spacial score (nSPS) is 12.5. The van der Waals surface area contributed by atoms with Crippen LogP contribution in [-0.4, -0.2) is 18.6 Å². The average molecular weight is 546 g/mol. The zero-order chi connectivity index (χ0) is 27.6. The van der Waals surface area contributed by atoms with E-state index in [-0.39, 0.29) is 16.4 Å². The van der Waals surface area contributed by atoms with E-state index in [0.29, 0.717) is 44.8 Å². The summed E-state index contributed by atoms with van der Waals surface area (Å²) in [6.07, 6.45) is 0. The molecule has 6 aromatic carbocycles. The maximum absolute atomic E-state index is 13.9. The van der Waals surface area contributed by atoms with Crippen LogP contribution in [0.5, 0.6) is 23.0 Å². The molecule has 7 rings (SSSR count). The number of phenols is 2. The van der Waals surface area contributed by atoms with Crippen molar-refractivity contribution in [1.29, 1.82) is 0 Å². The van der Waals surface area contributed by atoms with Crippen molar-refractivity contribution in [3.05, 3.63) is 115 Å². The van der Waals surface area contributed by atoms with E-state index in [1.165, 1.54) is 16.4 Å². The second-order valence-electron chi connectivity index (χ2n) is 9.83. The number of hydrogen-bond acceptors (Lipinski definition) is 5. The van der Waals surface area contributed by atoms with Gasteiger partial charge in [-0.05, 0) is 72.3 Å². The molecular weight excluding hydrogens is 522 g/mol. The summed E-state index contributed by atoms with van der Waals surface area (Å²) < 4.78 is 35.0. The number of sulfonamides is 1. The first-order chi connectivity index (χ1) is 19.3. The van der Waals surface area contributed by atoms with Crippen LogP contribution in [0.15, 0.2) is 114 Å². The molecule has 0 bridgehead atoms. The van der Waals surface area contributed by atoms with Gasteiger partial charge >= 0.3 is 0 Å². The molecule has 0 fully saturated rings. The summed E-state index contributed by atoms with van der Waals surface area (Å²) in [6, 6.07) is 31.7. The van der Waals surface area contributed by atoms with Gasteiger partial charge in [-0.25, -0.2) is 12.7 Å². The highest BCUT2D eigenvalue weighted by Crippen LogP contribution is 2.56. The van der Waals surface area contributed by atoms with Gasteiger partial charge in [-0.2, -0.15) is 0 Å². The molecule has 0 atom stereocenters. The van der Waals surface area contributed by atoms with E-state index in [4.69, 9.17) is 4.74 Å². The molecule has 6 aromatic rings. The fraction of sp³-hybridized carbons (Fsp3) is 0.0303. The zero-order valence-corrected chi connectivity index (χ0v) is 22.2. The van der Waals surface area contributed by atoms with Crippen molar-refractivity contribution in [2.24, 2.45) is 0 Å². The number of ether oxygens (including phenoxy) is 1. The van der Waals surface area contributed by atoms with Gasteiger partial charge in [0.2, 0.25) is 0 Å². The summed E-state index contributed by atoms with van der Waals surface area (Å²) in [5.74, 6) is 1.16. The van der Waals surface area contributed by atoms with Crippen LogP contribution in [0.25, 0.3) is 32.7 Å². The van der Waals surface area contributed by atoms with Crippen molar-refractivity contribution >= 4 is 42.9 Å². The molecule has 0 amide bonds. The number of benzene rings is 6. The van der Waals surface area contributed by atoms with Gasteiger partial charge in [0, 0.05) is 21.9 Å². The van der Waals surface area contributed by atoms with Crippen LogP contribution in [0, 0.1) is 6.92 Å². The number of anilines is 2. The SMILES string of the molecule is Cc1ccc(Oc2ccc(S(=O)(=O)N3c4cccc5c(O)c(-c6c(O)ccc7ccccc67)cc3c45)cc2)cc1. The van der Waals surface area contributed by atoms with E-state index in [1.807, 2.05) is 55.5 Å². The third-order valence-electron chi connectivity index (χ3n) is 7.32. The zero-order valence-electron chi connectivity index (χ0n) is 21.4. The van der Waals surface area contributed by atoms with Crippen molar-refractivity contribution in [2.75, 3.05) is 4.31 Å². The molecule has 6 nitrogen and oxygen atoms in total. The van der Waals surface area contributed by atoms with E-state index in [0.717, 1.165) is 16.3 Å². The Morgan fingerprint density at radius 1 is 0.700 bits per heavy atom. The molecule has 0 radical (unpaired) electrons. The second kappa shape index (κ2) is 8.76. The van der Waals surface area contributed by atoms with Gasteiger partial charge in [0.1, 0.15) is 23.0 Å². The molecule has 196 valence electrons. The van der Waals surface area contributed by atoms with Crippen LogP contribution in [0.1, 0.15) is 5.56 Å². The highest BCUT2D eigenvalue weighted by molar-refractivity contribution is 7.93. The number of rotatable bonds is 5. The van der Waals surface area contributed by atoms with Gasteiger partial charge in [-0.15, -0.1) is 0 Å². The fourth-order valence-corrected chi connectivity index (χ4v) is 6.86. The topological polar surface area (TPSA) is 87.1 Å². The van der Waals surface area contributed by atoms with Crippen molar-refractivity contribution < 1.29 is 23.4 Å². The molecule has 2 N–H and O–H groups in total. The predicted molar refractivity (Wildman–Crippen MR) is 157 cm³/mol. The smallest absolute Gasteiger partial charge is 0.268 e. The Morgan fingerprint density at radius 2 is 1.38 bits per heavy atom. The summed E-state index contributed by atoms with van der Waals surface area (Å²) in [5, 5.41) is 25.0. The summed E-state index contributed by atoms with van der Waals surface area (Å²) in [5.41, 5.74) is 2.84. The molecule has 7 heteroatoms. The van der Waals surface area contributed by atoms with Crippen molar-refractivity contribution in [3.8, 4) is 34.1 Å². The minimum Gasteiger partial charge on any atom is -0.507 e. The van der Waals surface area contributed by atoms with Crippen LogP contribution in [-0.2, 0) is 10.0 Å². The summed E-state index contributed by atoms with van der Waals surface area (Å²) >= 11 is 0. The summed E-state index contributed by atoms with van der Waals surface area (Å²) in [7, 11) is -3.99. The number of aromatic hydroxyl groups is 2. The standard InChI is InChI=1S/C33H23NO5S/c1-20-9-12-22(13-10-20)39-23-14-16-24(17-15-23)40(37,38)34-28-8-4-7-26-32(28)29(34)19-27(33(26)36)31-25-6-3-2-5-21(25)11-18-30(31)35/h2-19,35-36H,1H3. The Balaban J connectivity index is 1.31. The quantitative estimate of drug-likeness (QED) is 0.229. The van der Waals surface area contributed by atoms with Gasteiger partial charge < -0.3 is 14.9 Å². The van der Waals surface area contributed by atoms with Gasteiger partial charge in [-0.1, -0.05) is 60.2 Å². The molecule has 0 aromatic heterocycles. The number of hydrogen-bond donors (Lipinski definition) is 2. The predicted octanol–water partition coefficient (Wildman–Crippen LogP) is 8.01. The molecule has 40 heavy (non-hydrogen) atoms. The first-order valence-corrected chi connectivity index (χ1v) is 14.2. The number of fused-ring (bicyclic) bond motifs is 1. The highest BCUT2D eigenvalue weighted by Gasteiger charge is 2.38. The van der Waals surface area contributed by atoms with Gasteiger partial charge in [0.05, 0.1) is 16.3 Å². The third kappa shape index (κ3) is 3.59. The second-order valence-corrected chi connectivity index (χ2v) is 11.6. The van der Waals surface area contributed by atoms with Crippen LogP contribution >= 0.6 is 0 Å². The number of nitrogens with zero attached hydrogens (tertiary/aromatic N) is 1. The lowest BCUT2D eigenvalue weighted by Gasteiger charge is -2.36. The lowest BCUT2D eigenvalue weighted by Crippen LogP contribution is -2.31. The Bertz CT molecular complexity index is 2070. The lowest BCUT2D eigenvalue weighted by atomic mass is 9.91. The minimum absolute atomic E-state index is 0.00500. The van der Waals surface area contributed by atoms with Gasteiger partial charge in [0.15, 0.2) is 0 Å². The number of aryl methyl sites for hydroxylation is 1. The van der Waals surface area contributed by atoms with Gasteiger partial charge in [0.25, 0.3) is 10.0 Å². The van der Waals surface area contributed by atoms with Crippen LogP contribution < -0.4 is 9.04 Å². The molecule has 0 saturated carbocycles. The average Bonchev–Trinajstić information content (AvgIpc) is 2.95. The summed E-state index contributed by atoms with van der Waals surface area (Å²) in [4.78, 5) is 0.106. The van der Waals surface area contributed by atoms with Crippen molar-refractivity contribution in [2.45, 2.75) is 11.8 Å². The van der Waals surface area contributed by atoms with E-state index in [9.17, 15) is 18.6 Å². The Kier molecular flexibility index (Phi) is 5.27. The minimum atomic E-state index is -3.99. The maximum Gasteiger partial charge on any atom is 0.268 e. The number of phenolic OH excluding ortho intramolecular Hbond substituents is 2. The van der Waals surface area contributed by atoms with E-state index >= 15 is 0 Å². The van der Waals surface area contributed by atoms with Crippen LogP contribution in [0.2, 0.25) is 0 Å². The maximum atomic E-state index is 13.9. The van der Waals surface area contributed by atoms with Crippen molar-refractivity contribution in [3.63, 3.8) is 0 Å². The van der Waals surface area contributed by atoms with E-state index < -0.39 is 10.0 Å². The van der Waals surface area contributed by atoms with Crippen molar-refractivity contribution in [1.82, 2.24) is 0 Å². The van der Waals surface area contributed by atoms with Gasteiger partial charge in [-0.3, -0.25) is 0 Å². The monoisotopic (exact) mass is 545 g/mol. The van der Waals surface area contributed by atoms with E-state index in [1.54, 1.807) is 48.5 Å². The van der Waals surface area contributed by atoms with Crippen LogP contribution in [0.3, 0.4) is 0 Å². The first-order valence-electron chi connectivity index (χ1n) is 12.7. The Morgan fingerprint density at radius 3 is 2.12 bits per heavy atom. The highest BCUT2D eigenvalue weighted by atomic mass is 32.2. The summed E-state index contributed by atoms with van der Waals surface area (Å²) in [6.45, 7) is 1.99. The third-order valence-corrected chi connectivity index (χ3v) is 9.06. The molecule has 1 aliphatic rings. The molecule has 1 aliphatic heterocycles. The Hall–Kier alpha value is -5.01. The molecule has 1 heterocycles. The fourth-order valence-electron chi connectivity index (χ4n) is 5.36. The molecule has 0 spiro atoms. The Labute approximate surface area is 231 Å². The molecule has 0 saturated heterocycles. The lowest BCUT2D eigenvalue weighted by molar-refractivity contribution is 0.472. The largest absolute Gasteiger partial charge is 0.507 e.